The summed E-state index contributed by atoms with van der Waals surface area (Å²) in [6.45, 7) is 2.11. The third-order valence-electron chi connectivity index (χ3n) is 14.4. The summed E-state index contributed by atoms with van der Waals surface area (Å²) in [7, 11) is 1.47. The fourth-order valence-corrected chi connectivity index (χ4v) is 11.3. The van der Waals surface area contributed by atoms with Crippen LogP contribution in [0.5, 0.6) is 5.75 Å². The van der Waals surface area contributed by atoms with Crippen LogP contribution in [0.1, 0.15) is 46.0 Å². The molecule has 0 radical (unpaired) electrons. The van der Waals surface area contributed by atoms with Crippen LogP contribution in [0, 0.1) is 17.8 Å². The van der Waals surface area contributed by atoms with Gasteiger partial charge < -0.3 is 39.0 Å². The molecule has 0 aliphatic carbocycles. The molecule has 380 valence electrons. The lowest BCUT2D eigenvalue weighted by Gasteiger charge is -2.46. The standard InChI is InChI=1S/C58H53N7O10/c1-71-35-36-74-57(70)64-46-27-22-38(13-12-28-63-47-20-10-9-19-45(47)60-61-63)37-44(46)58(56(64)69)49(54(67)59-41-23-25-42(26-24-41)62-29-32-72-33-30-62)51-55(68)75-52(40-16-6-3-7-17-40)50(39-14-4-2-5-15-39)65(51)53(58)43-18-8-11-21-48(43)73-34-31-66/h2-11,14-27,37,49-53,66H,28-36H2,1H3,(H,59,67)/t49-,50-,51-,52+,53+,58-/m0/s1. The van der Waals surface area contributed by atoms with E-state index in [2.05, 4.69) is 32.4 Å². The first-order valence-electron chi connectivity index (χ1n) is 24.9. The lowest BCUT2D eigenvalue weighted by Crippen LogP contribution is -2.54. The minimum Gasteiger partial charge on any atom is -0.491 e. The van der Waals surface area contributed by atoms with Gasteiger partial charge in [-0.2, -0.15) is 0 Å². The first-order valence-corrected chi connectivity index (χ1v) is 24.9. The molecule has 3 amide bonds. The summed E-state index contributed by atoms with van der Waals surface area (Å²) in [5.74, 6) is 2.86. The summed E-state index contributed by atoms with van der Waals surface area (Å²) >= 11 is 0. The zero-order valence-electron chi connectivity index (χ0n) is 41.0. The SMILES string of the molecule is COCCOC(=O)N1C(=O)[C@@]2(c3cc(C#CCn4nnc5ccccc54)ccc31)[C@H](C(=O)Nc1ccc(N3CCOCC3)cc1)[C@H]1C(=O)O[C@H](c3ccccc3)[C@H](c3ccccc3)N1[C@@H]2c1ccccc1OCCO. The second-order valence-corrected chi connectivity index (χ2v) is 18.5. The van der Waals surface area contributed by atoms with Crippen LogP contribution in [0.3, 0.4) is 0 Å². The van der Waals surface area contributed by atoms with Gasteiger partial charge in [-0.05, 0) is 77.4 Å². The summed E-state index contributed by atoms with van der Waals surface area (Å²) in [6.07, 6.45) is -1.98. The fraction of sp³-hybridized carbons (Fsp3) is 0.276. The van der Waals surface area contributed by atoms with Gasteiger partial charge in [-0.25, -0.2) is 14.4 Å². The zero-order chi connectivity index (χ0) is 51.5. The lowest BCUT2D eigenvalue weighted by atomic mass is 9.65. The molecule has 6 atom stereocenters. The number of morpholine rings is 2. The molecular weight excluding hydrogens is 955 g/mol. The molecule has 17 nitrogen and oxygen atoms in total. The fourth-order valence-electron chi connectivity index (χ4n) is 11.3. The molecule has 2 N–H and O–H groups in total. The topological polar surface area (TPSA) is 187 Å². The Labute approximate surface area is 432 Å². The lowest BCUT2D eigenvalue weighted by molar-refractivity contribution is -0.177. The molecule has 11 rings (SSSR count). The second kappa shape index (κ2) is 21.2. The van der Waals surface area contributed by atoms with Crippen molar-refractivity contribution >= 4 is 52.0 Å². The molecule has 0 unspecified atom stereocenters. The predicted molar refractivity (Wildman–Crippen MR) is 277 cm³/mol. The number of benzene rings is 6. The molecule has 0 saturated carbocycles. The van der Waals surface area contributed by atoms with Gasteiger partial charge in [-0.3, -0.25) is 19.3 Å². The number of para-hydroxylation sites is 2. The monoisotopic (exact) mass is 1010 g/mol. The number of anilines is 3. The quantitative estimate of drug-likeness (QED) is 0.0700. The number of fused-ring (bicyclic) bond motifs is 4. The molecule has 4 aliphatic heterocycles. The molecule has 4 aliphatic rings. The number of carbonyl (C=O) groups excluding carboxylic acids is 4. The largest absolute Gasteiger partial charge is 0.491 e. The van der Waals surface area contributed by atoms with Gasteiger partial charge in [-0.1, -0.05) is 108 Å². The zero-order valence-corrected chi connectivity index (χ0v) is 41.0. The van der Waals surface area contributed by atoms with Gasteiger partial charge in [0.25, 0.3) is 0 Å². The number of esters is 1. The number of aliphatic hydroxyl groups is 1. The van der Waals surface area contributed by atoms with E-state index in [1.807, 2.05) is 102 Å². The maximum atomic E-state index is 16.7. The van der Waals surface area contributed by atoms with Gasteiger partial charge in [0.1, 0.15) is 48.6 Å². The number of aliphatic hydroxyl groups excluding tert-OH is 1. The van der Waals surface area contributed by atoms with Crippen molar-refractivity contribution in [2.24, 2.45) is 5.92 Å². The Morgan fingerprint density at radius 1 is 0.813 bits per heavy atom. The average molecular weight is 1010 g/mol. The molecule has 0 bridgehead atoms. The second-order valence-electron chi connectivity index (χ2n) is 18.5. The van der Waals surface area contributed by atoms with Gasteiger partial charge in [0.15, 0.2) is 0 Å². The number of aromatic nitrogens is 3. The summed E-state index contributed by atoms with van der Waals surface area (Å²) < 4.78 is 31.3. The number of nitrogens with one attached hydrogen (secondary N) is 1. The van der Waals surface area contributed by atoms with Crippen LogP contribution >= 0.6 is 0 Å². The summed E-state index contributed by atoms with van der Waals surface area (Å²) in [5.41, 5.74) is 3.30. The van der Waals surface area contributed by atoms with Crippen LogP contribution in [0.15, 0.2) is 152 Å². The Kier molecular flexibility index (Phi) is 13.8. The molecule has 1 spiro atoms. The smallest absolute Gasteiger partial charge is 0.421 e. The van der Waals surface area contributed by atoms with E-state index < -0.39 is 59.4 Å². The van der Waals surface area contributed by atoms with Crippen LogP contribution < -0.4 is 19.9 Å². The van der Waals surface area contributed by atoms with Crippen molar-refractivity contribution in [2.45, 2.75) is 36.2 Å². The summed E-state index contributed by atoms with van der Waals surface area (Å²) in [5, 5.41) is 21.9. The molecule has 1 aromatic heterocycles. The highest BCUT2D eigenvalue weighted by atomic mass is 16.6. The minimum absolute atomic E-state index is 0.0379. The van der Waals surface area contributed by atoms with Gasteiger partial charge in [0.2, 0.25) is 11.8 Å². The van der Waals surface area contributed by atoms with Crippen LogP contribution in [-0.2, 0) is 45.3 Å². The Balaban J connectivity index is 1.16. The number of methoxy groups -OCH3 is 1. The number of cyclic esters (lactones) is 1. The molecule has 6 aromatic carbocycles. The number of ether oxygens (including phenoxy) is 5. The van der Waals surface area contributed by atoms with Crippen LogP contribution in [-0.4, -0.2) is 115 Å². The van der Waals surface area contributed by atoms with E-state index in [1.54, 1.807) is 59.3 Å². The van der Waals surface area contributed by atoms with Crippen molar-refractivity contribution in [1.82, 2.24) is 19.9 Å². The average Bonchev–Trinajstić information content (AvgIpc) is 4.19. The van der Waals surface area contributed by atoms with E-state index in [0.29, 0.717) is 54.2 Å². The van der Waals surface area contributed by atoms with Crippen molar-refractivity contribution in [1.29, 1.82) is 0 Å². The molecule has 7 aromatic rings. The maximum absolute atomic E-state index is 16.7. The third-order valence-corrected chi connectivity index (χ3v) is 14.4. The number of imide groups is 1. The van der Waals surface area contributed by atoms with E-state index in [9.17, 15) is 9.90 Å². The van der Waals surface area contributed by atoms with E-state index in [0.717, 1.165) is 21.7 Å². The Morgan fingerprint density at radius 2 is 1.53 bits per heavy atom. The number of nitrogens with zero attached hydrogens (tertiary/aromatic N) is 6. The van der Waals surface area contributed by atoms with E-state index in [4.69, 9.17) is 23.7 Å². The van der Waals surface area contributed by atoms with Crippen molar-refractivity contribution in [2.75, 3.05) is 75.0 Å². The van der Waals surface area contributed by atoms with Gasteiger partial charge in [0, 0.05) is 42.7 Å². The molecule has 17 heteroatoms. The number of hydrogen-bond donors (Lipinski definition) is 2. The first kappa shape index (κ1) is 48.8. The normalized spacial score (nSPS) is 22.0. The molecular formula is C58H53N7O10. The highest BCUT2D eigenvalue weighted by Gasteiger charge is 2.76. The van der Waals surface area contributed by atoms with Crippen LogP contribution in [0.2, 0.25) is 0 Å². The Bertz CT molecular complexity index is 3300. The van der Waals surface area contributed by atoms with E-state index in [1.165, 1.54) is 7.11 Å². The van der Waals surface area contributed by atoms with Crippen molar-refractivity contribution in [3.63, 3.8) is 0 Å². The van der Waals surface area contributed by atoms with Crippen molar-refractivity contribution in [3.8, 4) is 17.6 Å². The van der Waals surface area contributed by atoms with Crippen molar-refractivity contribution in [3.05, 3.63) is 179 Å². The predicted octanol–water partition coefficient (Wildman–Crippen LogP) is 6.78. The number of hydrogen-bond acceptors (Lipinski definition) is 14. The molecule has 3 saturated heterocycles. The highest BCUT2D eigenvalue weighted by molar-refractivity contribution is 6.24. The van der Waals surface area contributed by atoms with Gasteiger partial charge in [0.05, 0.1) is 55.6 Å². The number of carbonyl (C=O) groups is 4. The number of rotatable bonds is 13. The molecule has 75 heavy (non-hydrogen) atoms. The Morgan fingerprint density at radius 3 is 2.29 bits per heavy atom. The minimum atomic E-state index is -2.14. The summed E-state index contributed by atoms with van der Waals surface area (Å²) in [6, 6.07) is 42.2. The van der Waals surface area contributed by atoms with Crippen LogP contribution in [0.4, 0.5) is 21.9 Å². The number of amides is 3. The van der Waals surface area contributed by atoms with Gasteiger partial charge in [-0.15, -0.1) is 5.10 Å². The van der Waals surface area contributed by atoms with Gasteiger partial charge >= 0.3 is 12.1 Å². The van der Waals surface area contributed by atoms with E-state index >= 15 is 14.4 Å². The Hall–Kier alpha value is -8.40. The molecule has 5 heterocycles. The summed E-state index contributed by atoms with van der Waals surface area (Å²) in [4.78, 5) is 68.3. The third kappa shape index (κ3) is 8.91. The highest BCUT2D eigenvalue weighted by Crippen LogP contribution is 2.67. The maximum Gasteiger partial charge on any atom is 0.421 e. The molecule has 3 fully saturated rings. The van der Waals surface area contributed by atoms with Crippen molar-refractivity contribution < 1.29 is 48.0 Å². The van der Waals surface area contributed by atoms with E-state index in [-0.39, 0.29) is 50.0 Å². The first-order chi connectivity index (χ1) is 36.8. The van der Waals surface area contributed by atoms with Crippen LogP contribution in [0.25, 0.3) is 11.0 Å².